The minimum atomic E-state index is 0.807. The Kier molecular flexibility index (Phi) is 3.15. The summed E-state index contributed by atoms with van der Waals surface area (Å²) in [4.78, 5) is 7.79. The van der Waals surface area contributed by atoms with Gasteiger partial charge in [0.2, 0.25) is 0 Å². The van der Waals surface area contributed by atoms with E-state index in [-0.39, 0.29) is 0 Å². The van der Waals surface area contributed by atoms with E-state index in [0.29, 0.717) is 0 Å². The predicted octanol–water partition coefficient (Wildman–Crippen LogP) is 2.67. The number of hydrogen-bond acceptors (Lipinski definition) is 2. The first-order valence-electron chi connectivity index (χ1n) is 6.73. The van der Waals surface area contributed by atoms with E-state index in [1.807, 2.05) is 6.20 Å². The molecule has 3 heteroatoms. The molecule has 2 aromatic rings. The van der Waals surface area contributed by atoms with E-state index >= 15 is 0 Å². The molecule has 0 amide bonds. The van der Waals surface area contributed by atoms with E-state index in [0.717, 1.165) is 24.6 Å². The average Bonchev–Trinajstić information content (AvgIpc) is 3.04. The smallest absolute Gasteiger partial charge is 0.120 e. The number of nitrogens with zero attached hydrogens (tertiary/aromatic N) is 1. The molecule has 1 heterocycles. The summed E-state index contributed by atoms with van der Waals surface area (Å²) < 4.78 is 0. The van der Waals surface area contributed by atoms with Crippen molar-refractivity contribution in [1.82, 2.24) is 15.3 Å². The number of nitrogens with one attached hydrogen (secondary N) is 2. The van der Waals surface area contributed by atoms with Gasteiger partial charge in [0.25, 0.3) is 0 Å². The van der Waals surface area contributed by atoms with E-state index in [1.54, 1.807) is 0 Å². The van der Waals surface area contributed by atoms with Crippen molar-refractivity contribution in [2.45, 2.75) is 32.7 Å². The Morgan fingerprint density at radius 3 is 3.06 bits per heavy atom. The Labute approximate surface area is 108 Å². The zero-order chi connectivity index (χ0) is 12.4. The lowest BCUT2D eigenvalue weighted by Gasteiger charge is -2.03. The van der Waals surface area contributed by atoms with Crippen molar-refractivity contribution >= 4 is 0 Å². The lowest BCUT2D eigenvalue weighted by atomic mass is 10.1. The second kappa shape index (κ2) is 4.94. The maximum Gasteiger partial charge on any atom is 0.120 e. The number of H-pyrrole nitrogens is 1. The molecule has 0 spiro atoms. The quantitative estimate of drug-likeness (QED) is 0.864. The van der Waals surface area contributed by atoms with E-state index in [9.17, 15) is 0 Å². The summed E-state index contributed by atoms with van der Waals surface area (Å²) in [5.41, 5.74) is 5.41. The van der Waals surface area contributed by atoms with Gasteiger partial charge in [0.15, 0.2) is 0 Å². The molecule has 0 unspecified atom stereocenters. The van der Waals surface area contributed by atoms with Crippen molar-refractivity contribution in [3.8, 4) is 11.3 Å². The van der Waals surface area contributed by atoms with Gasteiger partial charge in [0.1, 0.15) is 5.82 Å². The molecule has 1 aliphatic rings. The van der Waals surface area contributed by atoms with Gasteiger partial charge in [-0.15, -0.1) is 0 Å². The van der Waals surface area contributed by atoms with Crippen LogP contribution in [0.5, 0.6) is 0 Å². The summed E-state index contributed by atoms with van der Waals surface area (Å²) in [5, 5.41) is 3.28. The van der Waals surface area contributed by atoms with Gasteiger partial charge in [-0.05, 0) is 48.6 Å². The molecule has 1 aliphatic carbocycles. The number of aromatic amines is 1. The third-order valence-corrected chi connectivity index (χ3v) is 3.58. The lowest BCUT2D eigenvalue weighted by Crippen LogP contribution is -2.12. The van der Waals surface area contributed by atoms with Crippen LogP contribution in [0.1, 0.15) is 30.3 Å². The molecule has 0 aliphatic heterocycles. The van der Waals surface area contributed by atoms with Crippen LogP contribution < -0.4 is 5.32 Å². The van der Waals surface area contributed by atoms with Gasteiger partial charge in [-0.1, -0.05) is 19.1 Å². The summed E-state index contributed by atoms with van der Waals surface area (Å²) in [6.45, 7) is 3.88. The molecule has 0 saturated carbocycles. The minimum absolute atomic E-state index is 0.807. The summed E-state index contributed by atoms with van der Waals surface area (Å²) in [7, 11) is 0. The van der Waals surface area contributed by atoms with E-state index in [4.69, 9.17) is 0 Å². The van der Waals surface area contributed by atoms with Gasteiger partial charge in [-0.2, -0.15) is 0 Å². The van der Waals surface area contributed by atoms with E-state index < -0.39 is 0 Å². The number of aromatic nitrogens is 2. The largest absolute Gasteiger partial charge is 0.341 e. The third kappa shape index (κ3) is 2.18. The fraction of sp³-hybridized carbons (Fsp3) is 0.400. The van der Waals surface area contributed by atoms with Crippen LogP contribution in [0.15, 0.2) is 24.4 Å². The molecule has 18 heavy (non-hydrogen) atoms. The molecule has 0 bridgehead atoms. The van der Waals surface area contributed by atoms with Crippen molar-refractivity contribution in [3.63, 3.8) is 0 Å². The van der Waals surface area contributed by atoms with Crippen LogP contribution in [0, 0.1) is 0 Å². The van der Waals surface area contributed by atoms with Gasteiger partial charge in [0.05, 0.1) is 18.4 Å². The van der Waals surface area contributed by atoms with Gasteiger partial charge in [-0.3, -0.25) is 0 Å². The number of imidazole rings is 1. The Morgan fingerprint density at radius 2 is 2.17 bits per heavy atom. The fourth-order valence-electron chi connectivity index (χ4n) is 2.58. The van der Waals surface area contributed by atoms with Gasteiger partial charge >= 0.3 is 0 Å². The van der Waals surface area contributed by atoms with Crippen LogP contribution in [0.2, 0.25) is 0 Å². The highest BCUT2D eigenvalue weighted by Gasteiger charge is 2.12. The molecule has 94 valence electrons. The summed E-state index contributed by atoms with van der Waals surface area (Å²) in [5.74, 6) is 1.01. The highest BCUT2D eigenvalue weighted by molar-refractivity contribution is 5.61. The van der Waals surface area contributed by atoms with Crippen LogP contribution in [0.3, 0.4) is 0 Å². The van der Waals surface area contributed by atoms with Crippen LogP contribution in [0.25, 0.3) is 11.3 Å². The maximum absolute atomic E-state index is 4.41. The highest BCUT2D eigenvalue weighted by Crippen LogP contribution is 2.27. The topological polar surface area (TPSA) is 40.7 Å². The molecular formula is C15H19N3. The first kappa shape index (κ1) is 11.5. The second-order valence-electron chi connectivity index (χ2n) is 4.86. The van der Waals surface area contributed by atoms with Crippen molar-refractivity contribution in [2.75, 3.05) is 6.54 Å². The molecule has 0 radical (unpaired) electrons. The van der Waals surface area contributed by atoms with E-state index in [1.165, 1.54) is 36.0 Å². The predicted molar refractivity (Wildman–Crippen MR) is 73.4 cm³/mol. The van der Waals surface area contributed by atoms with Crippen molar-refractivity contribution in [2.24, 2.45) is 0 Å². The fourth-order valence-corrected chi connectivity index (χ4v) is 2.58. The monoisotopic (exact) mass is 241 g/mol. The molecule has 3 nitrogen and oxygen atoms in total. The van der Waals surface area contributed by atoms with Crippen molar-refractivity contribution < 1.29 is 0 Å². The number of hydrogen-bond donors (Lipinski definition) is 2. The number of benzene rings is 1. The maximum atomic E-state index is 4.41. The standard InChI is InChI=1S/C15H19N3/c1-2-16-10-15-17-9-14(18-15)13-7-6-11-4-3-5-12(11)8-13/h6-9,16H,2-5,10H2,1H3,(H,17,18). The Hall–Kier alpha value is -1.61. The highest BCUT2D eigenvalue weighted by atomic mass is 15.0. The van der Waals surface area contributed by atoms with Crippen molar-refractivity contribution in [1.29, 1.82) is 0 Å². The first-order chi connectivity index (χ1) is 8.86. The van der Waals surface area contributed by atoms with Gasteiger partial charge < -0.3 is 10.3 Å². The van der Waals surface area contributed by atoms with Gasteiger partial charge in [-0.25, -0.2) is 4.98 Å². The molecular weight excluding hydrogens is 222 g/mol. The summed E-state index contributed by atoms with van der Waals surface area (Å²) in [6.07, 6.45) is 5.70. The van der Waals surface area contributed by atoms with Gasteiger partial charge in [0, 0.05) is 0 Å². The van der Waals surface area contributed by atoms with E-state index in [2.05, 4.69) is 40.4 Å². The second-order valence-corrected chi connectivity index (χ2v) is 4.86. The molecule has 0 fully saturated rings. The molecule has 0 saturated heterocycles. The molecule has 1 aromatic heterocycles. The van der Waals surface area contributed by atoms with Crippen LogP contribution in [-0.2, 0) is 19.4 Å². The Morgan fingerprint density at radius 1 is 1.28 bits per heavy atom. The summed E-state index contributed by atoms with van der Waals surface area (Å²) >= 11 is 0. The number of fused-ring (bicyclic) bond motifs is 1. The zero-order valence-electron chi connectivity index (χ0n) is 10.8. The average molecular weight is 241 g/mol. The Balaban J connectivity index is 1.83. The molecule has 0 atom stereocenters. The third-order valence-electron chi connectivity index (χ3n) is 3.58. The van der Waals surface area contributed by atoms with Crippen LogP contribution in [-0.4, -0.2) is 16.5 Å². The van der Waals surface area contributed by atoms with Crippen LogP contribution >= 0.6 is 0 Å². The summed E-state index contributed by atoms with van der Waals surface area (Å²) in [6, 6.07) is 6.78. The molecule has 1 aromatic carbocycles. The van der Waals surface area contributed by atoms with Crippen molar-refractivity contribution in [3.05, 3.63) is 41.3 Å². The zero-order valence-corrected chi connectivity index (χ0v) is 10.8. The molecule has 3 rings (SSSR count). The minimum Gasteiger partial charge on any atom is -0.341 e. The number of rotatable bonds is 4. The SMILES string of the molecule is CCNCc1ncc(-c2ccc3c(c2)CCC3)[nH]1. The van der Waals surface area contributed by atoms with Crippen LogP contribution in [0.4, 0.5) is 0 Å². The normalized spacial score (nSPS) is 13.8. The molecule has 2 N–H and O–H groups in total. The lowest BCUT2D eigenvalue weighted by molar-refractivity contribution is 0.698. The first-order valence-corrected chi connectivity index (χ1v) is 6.73. The number of aryl methyl sites for hydroxylation is 2. The Bertz CT molecular complexity index is 542.